The van der Waals surface area contributed by atoms with E-state index in [0.717, 1.165) is 34.8 Å². The van der Waals surface area contributed by atoms with Gasteiger partial charge in [0, 0.05) is 25.9 Å². The molecule has 67 heavy (non-hydrogen) atoms. The molecule has 374 valence electrons. The van der Waals surface area contributed by atoms with E-state index < -0.39 is 152 Å². The SMILES string of the molecule is CCCCCN[C@H]1C[C@H]2OC(C)CCO[C@H]2NC(=O)C2[C@@H](O)CCN2C(=O)C([C@H](O)CC(N)=O)NC(=O)C(C(O)C(O)c2ccc(O)cc2)NC(=O)C2C[C@@H](O)CN2C(=O)C([C@@H](C)O)NC1=O. The maximum absolute atomic E-state index is 14.5. The number of hydrogen-bond acceptors (Lipinski definition) is 17. The number of fused-ring (bicyclic) bond motifs is 3. The molecule has 0 aliphatic carbocycles. The number of ether oxygens (including phenoxy) is 2. The second kappa shape index (κ2) is 23.8. The van der Waals surface area contributed by atoms with Crippen molar-refractivity contribution in [2.24, 2.45) is 5.73 Å². The van der Waals surface area contributed by atoms with Crippen molar-refractivity contribution in [2.75, 3.05) is 26.2 Å². The third-order valence-electron chi connectivity index (χ3n) is 12.5. The zero-order chi connectivity index (χ0) is 49.3. The number of phenols is 1. The Hall–Kier alpha value is -5.05. The van der Waals surface area contributed by atoms with Crippen LogP contribution in [0.15, 0.2) is 24.3 Å². The molecule has 4 aliphatic heterocycles. The molecule has 14 N–H and O–H groups in total. The highest BCUT2D eigenvalue weighted by Crippen LogP contribution is 2.27. The molecular formula is C43H66N8O16. The Kier molecular flexibility index (Phi) is 18.8. The van der Waals surface area contributed by atoms with E-state index in [0.29, 0.717) is 19.4 Å². The fourth-order valence-corrected chi connectivity index (χ4v) is 8.75. The number of aliphatic hydroxyl groups excluding tert-OH is 6. The summed E-state index contributed by atoms with van der Waals surface area (Å²) in [4.78, 5) is 100. The van der Waals surface area contributed by atoms with Gasteiger partial charge in [0.15, 0.2) is 6.23 Å². The molecule has 4 saturated heterocycles. The number of nitrogens with zero attached hydrogens (tertiary/aromatic N) is 2. The van der Waals surface area contributed by atoms with E-state index in [9.17, 15) is 69.3 Å². The van der Waals surface area contributed by atoms with Gasteiger partial charge in [0.05, 0.1) is 49.6 Å². The summed E-state index contributed by atoms with van der Waals surface area (Å²) in [5, 5.41) is 90.0. The smallest absolute Gasteiger partial charge is 0.248 e. The van der Waals surface area contributed by atoms with Crippen LogP contribution in [0.25, 0.3) is 0 Å². The van der Waals surface area contributed by atoms with Crippen molar-refractivity contribution in [1.82, 2.24) is 36.4 Å². The summed E-state index contributed by atoms with van der Waals surface area (Å²) in [7, 11) is 0. The van der Waals surface area contributed by atoms with Crippen molar-refractivity contribution in [3.05, 3.63) is 29.8 Å². The van der Waals surface area contributed by atoms with E-state index in [1.807, 2.05) is 6.92 Å². The molecule has 4 aliphatic rings. The number of nitrogens with one attached hydrogen (secondary N) is 5. The fraction of sp³-hybridized carbons (Fsp3) is 0.698. The Morgan fingerprint density at radius 2 is 1.51 bits per heavy atom. The van der Waals surface area contributed by atoms with E-state index >= 15 is 0 Å². The maximum Gasteiger partial charge on any atom is 0.248 e. The number of carbonyl (C=O) groups is 7. The first-order valence-electron chi connectivity index (χ1n) is 22.7. The molecule has 7 amide bonds. The van der Waals surface area contributed by atoms with Crippen molar-refractivity contribution in [2.45, 2.75) is 163 Å². The number of hydrogen-bond donors (Lipinski definition) is 13. The summed E-state index contributed by atoms with van der Waals surface area (Å²) in [6, 6.07) is -5.93. The van der Waals surface area contributed by atoms with Gasteiger partial charge in [0.2, 0.25) is 41.4 Å². The number of benzene rings is 1. The van der Waals surface area contributed by atoms with Crippen LogP contribution in [0.1, 0.15) is 83.8 Å². The van der Waals surface area contributed by atoms with Crippen LogP contribution < -0.4 is 32.3 Å². The molecule has 0 spiro atoms. The number of carbonyl (C=O) groups excluding carboxylic acids is 7. The average molecular weight is 951 g/mol. The van der Waals surface area contributed by atoms with Gasteiger partial charge in [-0.3, -0.25) is 33.6 Å². The normalized spacial score (nSPS) is 32.5. The molecule has 5 rings (SSSR count). The quantitative estimate of drug-likeness (QED) is 0.0873. The average Bonchev–Trinajstić information content (AvgIpc) is 3.82. The number of aromatic hydroxyl groups is 1. The van der Waals surface area contributed by atoms with Crippen LogP contribution in [-0.2, 0) is 43.0 Å². The van der Waals surface area contributed by atoms with Gasteiger partial charge in [-0.05, 0) is 57.4 Å². The number of rotatable bonds is 12. The third kappa shape index (κ3) is 13.4. The van der Waals surface area contributed by atoms with Gasteiger partial charge in [0.25, 0.3) is 0 Å². The number of primary amides is 1. The summed E-state index contributed by atoms with van der Waals surface area (Å²) in [5.41, 5.74) is 5.30. The van der Waals surface area contributed by atoms with Gasteiger partial charge in [-0.2, -0.15) is 0 Å². The zero-order valence-corrected chi connectivity index (χ0v) is 37.7. The highest BCUT2D eigenvalue weighted by molar-refractivity contribution is 5.98. The van der Waals surface area contributed by atoms with Crippen LogP contribution in [0.5, 0.6) is 5.75 Å². The first-order chi connectivity index (χ1) is 31.7. The second-order valence-electron chi connectivity index (χ2n) is 17.7. The first-order valence-corrected chi connectivity index (χ1v) is 22.7. The van der Waals surface area contributed by atoms with Crippen molar-refractivity contribution >= 4 is 41.4 Å². The molecule has 0 saturated carbocycles. The van der Waals surface area contributed by atoms with Gasteiger partial charge >= 0.3 is 0 Å². The summed E-state index contributed by atoms with van der Waals surface area (Å²) in [5.74, 6) is -7.98. The largest absolute Gasteiger partial charge is 0.508 e. The fourth-order valence-electron chi connectivity index (χ4n) is 8.75. The lowest BCUT2D eigenvalue weighted by Gasteiger charge is -2.35. The van der Waals surface area contributed by atoms with Gasteiger partial charge in [-0.15, -0.1) is 0 Å². The summed E-state index contributed by atoms with van der Waals surface area (Å²) in [6.45, 7) is 4.53. The van der Waals surface area contributed by atoms with Gasteiger partial charge in [-0.1, -0.05) is 31.9 Å². The lowest BCUT2D eigenvalue weighted by atomic mass is 9.96. The summed E-state index contributed by atoms with van der Waals surface area (Å²) in [6.07, 6.45) is -12.8. The van der Waals surface area contributed by atoms with Gasteiger partial charge in [-0.25, -0.2) is 0 Å². The topological polar surface area (TPSA) is 372 Å². The van der Waals surface area contributed by atoms with Crippen LogP contribution in [-0.4, -0.2) is 198 Å². The third-order valence-corrected chi connectivity index (χ3v) is 12.5. The number of amides is 7. The lowest BCUT2D eigenvalue weighted by molar-refractivity contribution is -0.150. The molecule has 24 nitrogen and oxygen atoms in total. The standard InChI is InChI=1S/C43H66N8O16/c1-4-5-6-13-45-25-17-29-41(66-15-12-20(2)67-29)49-40(63)34-27(55)11-14-50(34)43(65)32(28(56)18-30(44)57)47-39(62)33(36(59)35(58)22-7-9-23(53)10-8-22)48-38(61)26-16-24(54)19-51(26)42(64)31(21(3)52)46-37(25)60/h7-10,20-21,24-29,31-36,41,45,52-56,58-59H,4-6,11-19H2,1-3H3,(H2,44,57)(H,46,60)(H,47,62)(H,48,61)(H,49,63)/t20?,21-,24-,25+,26?,27+,28-,29-,31?,32?,33?,34?,35?,36?,41-/m1/s1. The molecular weight excluding hydrogens is 885 g/mol. The second-order valence-corrected chi connectivity index (χ2v) is 17.7. The zero-order valence-electron chi connectivity index (χ0n) is 37.7. The summed E-state index contributed by atoms with van der Waals surface area (Å²) >= 11 is 0. The van der Waals surface area contributed by atoms with Crippen LogP contribution in [0.2, 0.25) is 0 Å². The minimum atomic E-state index is -2.30. The van der Waals surface area contributed by atoms with E-state index in [2.05, 4.69) is 26.6 Å². The Bertz CT molecular complexity index is 1910. The molecule has 15 atom stereocenters. The Morgan fingerprint density at radius 3 is 2.16 bits per heavy atom. The maximum atomic E-state index is 14.5. The molecule has 4 heterocycles. The predicted octanol–water partition coefficient (Wildman–Crippen LogP) is -5.03. The number of nitrogens with two attached hydrogens (primary N) is 1. The van der Waals surface area contributed by atoms with Crippen LogP contribution in [0, 0.1) is 0 Å². The highest BCUT2D eigenvalue weighted by Gasteiger charge is 2.49. The Labute approximate surface area is 386 Å². The van der Waals surface area contributed by atoms with Crippen LogP contribution in [0.4, 0.5) is 0 Å². The monoisotopic (exact) mass is 950 g/mol. The van der Waals surface area contributed by atoms with Gasteiger partial charge in [0.1, 0.15) is 54.3 Å². The van der Waals surface area contributed by atoms with Gasteiger partial charge < -0.3 is 87.3 Å². The Morgan fingerprint density at radius 1 is 0.851 bits per heavy atom. The van der Waals surface area contributed by atoms with E-state index in [4.69, 9.17) is 15.2 Å². The molecule has 4 fully saturated rings. The number of phenolic OH excluding ortho intramolecular Hbond substituents is 1. The molecule has 1 aromatic rings. The molecule has 0 aromatic heterocycles. The van der Waals surface area contributed by atoms with Crippen LogP contribution >= 0.6 is 0 Å². The van der Waals surface area contributed by atoms with E-state index in [1.165, 1.54) is 19.1 Å². The minimum absolute atomic E-state index is 0.0648. The predicted molar refractivity (Wildman–Crippen MR) is 231 cm³/mol. The van der Waals surface area contributed by atoms with E-state index in [1.54, 1.807) is 6.92 Å². The molecule has 8 unspecified atom stereocenters. The lowest BCUT2D eigenvalue weighted by Crippen LogP contribution is -2.64. The highest BCUT2D eigenvalue weighted by atomic mass is 16.6. The Balaban J connectivity index is 1.63. The van der Waals surface area contributed by atoms with Crippen molar-refractivity contribution < 1.29 is 78.8 Å². The van der Waals surface area contributed by atoms with Crippen molar-refractivity contribution in [1.29, 1.82) is 0 Å². The molecule has 0 bridgehead atoms. The summed E-state index contributed by atoms with van der Waals surface area (Å²) < 4.78 is 12.3. The molecule has 0 radical (unpaired) electrons. The number of aliphatic hydroxyl groups is 6. The van der Waals surface area contributed by atoms with Crippen LogP contribution in [0.3, 0.4) is 0 Å². The first kappa shape index (κ1) is 52.9. The molecule has 24 heteroatoms. The minimum Gasteiger partial charge on any atom is -0.508 e. The van der Waals surface area contributed by atoms with Crippen molar-refractivity contribution in [3.8, 4) is 5.75 Å². The number of unbranched alkanes of at least 4 members (excludes halogenated alkanes) is 2. The molecule has 1 aromatic carbocycles. The van der Waals surface area contributed by atoms with E-state index in [-0.39, 0.29) is 37.3 Å². The van der Waals surface area contributed by atoms with Crippen molar-refractivity contribution in [3.63, 3.8) is 0 Å².